The third-order valence-corrected chi connectivity index (χ3v) is 3.79. The van der Waals surface area contributed by atoms with Crippen molar-refractivity contribution in [1.82, 2.24) is 10.2 Å². The van der Waals surface area contributed by atoms with E-state index in [0.29, 0.717) is 19.7 Å². The van der Waals surface area contributed by atoms with Crippen LogP contribution in [0.4, 0.5) is 4.79 Å². The van der Waals surface area contributed by atoms with Gasteiger partial charge in [0.05, 0.1) is 13.7 Å². The van der Waals surface area contributed by atoms with E-state index >= 15 is 0 Å². The molecule has 0 aromatic heterocycles. The van der Waals surface area contributed by atoms with E-state index < -0.39 is 0 Å². The Bertz CT molecular complexity index is 328. The van der Waals surface area contributed by atoms with Crippen molar-refractivity contribution in [2.75, 3.05) is 26.8 Å². The molecule has 0 radical (unpaired) electrons. The Morgan fingerprint density at radius 3 is 2.48 bits per heavy atom. The second-order valence-electron chi connectivity index (χ2n) is 5.34. The van der Waals surface area contributed by atoms with Gasteiger partial charge < -0.3 is 19.7 Å². The number of nitrogens with zero attached hydrogens (tertiary/aromatic N) is 1. The molecule has 1 atom stereocenters. The van der Waals surface area contributed by atoms with Crippen molar-refractivity contribution in [3.05, 3.63) is 0 Å². The largest absolute Gasteiger partial charge is 0.468 e. The fraction of sp³-hybridized carbons (Fsp3) is 0.867. The highest BCUT2D eigenvalue weighted by atomic mass is 16.6. The van der Waals surface area contributed by atoms with E-state index in [-0.39, 0.29) is 24.1 Å². The number of unbranched alkanes of at least 4 members (excludes halogenated alkanes) is 1. The average molecular weight is 300 g/mol. The highest BCUT2D eigenvalue weighted by Crippen LogP contribution is 2.14. The Morgan fingerprint density at radius 2 is 1.95 bits per heavy atom. The number of likely N-dealkylation sites (tertiary alicyclic amines) is 1. The van der Waals surface area contributed by atoms with Crippen LogP contribution in [0.3, 0.4) is 0 Å². The maximum atomic E-state index is 11.8. The third kappa shape index (κ3) is 5.91. The van der Waals surface area contributed by atoms with Crippen LogP contribution in [0.15, 0.2) is 0 Å². The topological polar surface area (TPSA) is 67.9 Å². The molecule has 1 saturated heterocycles. The molecular weight excluding hydrogens is 272 g/mol. The van der Waals surface area contributed by atoms with Crippen molar-refractivity contribution in [1.29, 1.82) is 0 Å². The van der Waals surface area contributed by atoms with Crippen LogP contribution in [0.2, 0.25) is 0 Å². The summed E-state index contributed by atoms with van der Waals surface area (Å²) in [6.07, 6.45) is 4.26. The number of methoxy groups -OCH3 is 1. The maximum absolute atomic E-state index is 11.8. The predicted octanol–water partition coefficient (Wildman–Crippen LogP) is 1.93. The van der Waals surface area contributed by atoms with Gasteiger partial charge in [0.1, 0.15) is 6.04 Å². The maximum Gasteiger partial charge on any atom is 0.409 e. The molecule has 1 aliphatic heterocycles. The summed E-state index contributed by atoms with van der Waals surface area (Å²) in [6, 6.07) is 0.00530. The van der Waals surface area contributed by atoms with E-state index in [2.05, 4.69) is 12.2 Å². The van der Waals surface area contributed by atoms with Crippen LogP contribution >= 0.6 is 0 Å². The van der Waals surface area contributed by atoms with Crippen LogP contribution in [0.1, 0.15) is 46.0 Å². The van der Waals surface area contributed by atoms with Crippen LogP contribution in [0.25, 0.3) is 0 Å². The second-order valence-corrected chi connectivity index (χ2v) is 5.34. The zero-order valence-electron chi connectivity index (χ0n) is 13.4. The number of rotatable bonds is 7. The van der Waals surface area contributed by atoms with Crippen molar-refractivity contribution in [2.45, 2.75) is 58.0 Å². The number of carbonyl (C=O) groups is 2. The SMILES string of the molecule is CCCCC(NC1CCN(C(=O)OCC)CC1)C(=O)OC. The lowest BCUT2D eigenvalue weighted by Crippen LogP contribution is -2.50. The fourth-order valence-electron chi connectivity index (χ4n) is 2.55. The summed E-state index contributed by atoms with van der Waals surface area (Å²) in [7, 11) is 1.42. The van der Waals surface area contributed by atoms with Gasteiger partial charge in [0.25, 0.3) is 0 Å². The smallest absolute Gasteiger partial charge is 0.409 e. The van der Waals surface area contributed by atoms with Gasteiger partial charge in [-0.05, 0) is 26.2 Å². The zero-order chi connectivity index (χ0) is 15.7. The summed E-state index contributed by atoms with van der Waals surface area (Å²) in [4.78, 5) is 25.1. The molecule has 0 spiro atoms. The average Bonchev–Trinajstić information content (AvgIpc) is 2.51. The Hall–Kier alpha value is -1.30. The molecule has 122 valence electrons. The molecule has 6 nitrogen and oxygen atoms in total. The molecule has 1 aliphatic rings. The standard InChI is InChI=1S/C15H28N2O4/c1-4-6-7-13(14(18)20-3)16-12-8-10-17(11-9-12)15(19)21-5-2/h12-13,16H,4-11H2,1-3H3. The predicted molar refractivity (Wildman–Crippen MR) is 80.1 cm³/mol. The first-order chi connectivity index (χ1) is 10.1. The number of hydrogen-bond donors (Lipinski definition) is 1. The minimum atomic E-state index is -0.244. The van der Waals surface area contributed by atoms with Crippen molar-refractivity contribution < 1.29 is 19.1 Å². The van der Waals surface area contributed by atoms with Gasteiger partial charge >= 0.3 is 12.1 Å². The zero-order valence-corrected chi connectivity index (χ0v) is 13.4. The summed E-state index contributed by atoms with van der Waals surface area (Å²) in [5, 5.41) is 3.38. The summed E-state index contributed by atoms with van der Waals surface area (Å²) >= 11 is 0. The number of carbonyl (C=O) groups excluding carboxylic acids is 2. The summed E-state index contributed by atoms with van der Waals surface area (Å²) in [6.45, 7) is 5.64. The number of nitrogens with one attached hydrogen (secondary N) is 1. The summed E-state index contributed by atoms with van der Waals surface area (Å²) in [5.74, 6) is -0.198. The highest BCUT2D eigenvalue weighted by Gasteiger charge is 2.27. The Labute approximate surface area is 127 Å². The highest BCUT2D eigenvalue weighted by molar-refractivity contribution is 5.75. The Kier molecular flexibility index (Phi) is 8.12. The molecule has 0 bridgehead atoms. The number of amides is 1. The quantitative estimate of drug-likeness (QED) is 0.728. The monoisotopic (exact) mass is 300 g/mol. The number of hydrogen-bond acceptors (Lipinski definition) is 5. The Morgan fingerprint density at radius 1 is 1.29 bits per heavy atom. The lowest BCUT2D eigenvalue weighted by Gasteiger charge is -2.33. The van der Waals surface area contributed by atoms with E-state index in [4.69, 9.17) is 9.47 Å². The van der Waals surface area contributed by atoms with Gasteiger partial charge in [-0.3, -0.25) is 4.79 Å². The summed E-state index contributed by atoms with van der Waals surface area (Å²) < 4.78 is 9.86. The number of esters is 1. The molecule has 0 aliphatic carbocycles. The molecule has 1 rings (SSSR count). The lowest BCUT2D eigenvalue weighted by atomic mass is 10.0. The molecule has 21 heavy (non-hydrogen) atoms. The third-order valence-electron chi connectivity index (χ3n) is 3.79. The van der Waals surface area contributed by atoms with E-state index in [1.807, 2.05) is 0 Å². The van der Waals surface area contributed by atoms with Gasteiger partial charge in [-0.2, -0.15) is 0 Å². The first kappa shape index (κ1) is 17.8. The van der Waals surface area contributed by atoms with E-state index in [1.54, 1.807) is 11.8 Å². The number of piperidine rings is 1. The van der Waals surface area contributed by atoms with Gasteiger partial charge in [0.2, 0.25) is 0 Å². The molecule has 1 amide bonds. The van der Waals surface area contributed by atoms with Crippen LogP contribution in [0, 0.1) is 0 Å². The molecular formula is C15H28N2O4. The van der Waals surface area contributed by atoms with Gasteiger partial charge in [0.15, 0.2) is 0 Å². The van der Waals surface area contributed by atoms with E-state index in [0.717, 1.165) is 32.1 Å². The van der Waals surface area contributed by atoms with Gasteiger partial charge in [0, 0.05) is 19.1 Å². The van der Waals surface area contributed by atoms with Crippen molar-refractivity contribution in [3.8, 4) is 0 Å². The molecule has 1 unspecified atom stereocenters. The molecule has 0 saturated carbocycles. The molecule has 0 aromatic carbocycles. The van der Waals surface area contributed by atoms with Crippen molar-refractivity contribution in [3.63, 3.8) is 0 Å². The summed E-state index contributed by atoms with van der Waals surface area (Å²) in [5.41, 5.74) is 0. The molecule has 1 fully saturated rings. The van der Waals surface area contributed by atoms with E-state index in [1.165, 1.54) is 7.11 Å². The van der Waals surface area contributed by atoms with Crippen LogP contribution in [-0.2, 0) is 14.3 Å². The first-order valence-corrected chi connectivity index (χ1v) is 7.87. The second kappa shape index (κ2) is 9.60. The van der Waals surface area contributed by atoms with Gasteiger partial charge in [-0.1, -0.05) is 19.8 Å². The minimum absolute atomic E-state index is 0.198. The molecule has 0 aromatic rings. The van der Waals surface area contributed by atoms with Crippen LogP contribution in [-0.4, -0.2) is 55.9 Å². The normalized spacial score (nSPS) is 17.4. The minimum Gasteiger partial charge on any atom is -0.468 e. The van der Waals surface area contributed by atoms with Gasteiger partial charge in [-0.25, -0.2) is 4.79 Å². The van der Waals surface area contributed by atoms with E-state index in [9.17, 15) is 9.59 Å². The van der Waals surface area contributed by atoms with Gasteiger partial charge in [-0.15, -0.1) is 0 Å². The molecule has 1 heterocycles. The Balaban J connectivity index is 2.41. The fourth-order valence-corrected chi connectivity index (χ4v) is 2.55. The number of ether oxygens (including phenoxy) is 2. The van der Waals surface area contributed by atoms with Crippen LogP contribution < -0.4 is 5.32 Å². The lowest BCUT2D eigenvalue weighted by molar-refractivity contribution is -0.143. The van der Waals surface area contributed by atoms with Crippen LogP contribution in [0.5, 0.6) is 0 Å². The molecule has 1 N–H and O–H groups in total. The van der Waals surface area contributed by atoms with Crippen molar-refractivity contribution >= 4 is 12.1 Å². The van der Waals surface area contributed by atoms with Crippen molar-refractivity contribution in [2.24, 2.45) is 0 Å². The first-order valence-electron chi connectivity index (χ1n) is 7.87. The molecule has 6 heteroatoms.